The van der Waals surface area contributed by atoms with E-state index in [9.17, 15) is 4.79 Å². The van der Waals surface area contributed by atoms with Gasteiger partial charge in [0.15, 0.2) is 6.61 Å². The molecule has 0 aliphatic carbocycles. The van der Waals surface area contributed by atoms with Crippen molar-refractivity contribution in [3.8, 4) is 11.5 Å². The van der Waals surface area contributed by atoms with Crippen LogP contribution >= 0.6 is 0 Å². The van der Waals surface area contributed by atoms with E-state index in [4.69, 9.17) is 9.47 Å². The lowest BCUT2D eigenvalue weighted by molar-refractivity contribution is -0.124. The number of rotatable bonds is 6. The molecule has 1 unspecified atom stereocenters. The molecule has 126 valence electrons. The fraction of sp³-hybridized carbons (Fsp3) is 0.350. The monoisotopic (exact) mass is 325 g/mol. The smallest absolute Gasteiger partial charge is 0.258 e. The van der Waals surface area contributed by atoms with Crippen LogP contribution in [0.3, 0.4) is 0 Å². The molecule has 3 rings (SSSR count). The summed E-state index contributed by atoms with van der Waals surface area (Å²) in [7, 11) is 0. The second kappa shape index (κ2) is 7.86. The molecule has 0 saturated heterocycles. The lowest BCUT2D eigenvalue weighted by Crippen LogP contribution is -2.35. The average Bonchev–Trinajstić information content (AvgIpc) is 2.62. The molecule has 4 heteroatoms. The highest BCUT2D eigenvalue weighted by Crippen LogP contribution is 2.31. The number of amides is 1. The molecule has 0 spiro atoms. The van der Waals surface area contributed by atoms with E-state index in [1.54, 1.807) is 0 Å². The van der Waals surface area contributed by atoms with Gasteiger partial charge in [0.05, 0.1) is 12.6 Å². The molecule has 0 saturated carbocycles. The summed E-state index contributed by atoms with van der Waals surface area (Å²) in [4.78, 5) is 12.2. The van der Waals surface area contributed by atoms with Crippen molar-refractivity contribution >= 4 is 5.91 Å². The summed E-state index contributed by atoms with van der Waals surface area (Å²) in [5.74, 6) is 1.45. The highest BCUT2D eigenvalue weighted by Gasteiger charge is 2.22. The molecule has 0 aromatic heterocycles. The maximum atomic E-state index is 12.2. The van der Waals surface area contributed by atoms with Gasteiger partial charge in [0, 0.05) is 12.0 Å². The third-order valence-electron chi connectivity index (χ3n) is 4.13. The molecule has 0 radical (unpaired) electrons. The summed E-state index contributed by atoms with van der Waals surface area (Å²) in [6.07, 6.45) is 2.95. The number of carbonyl (C=O) groups excluding carboxylic acids is 1. The summed E-state index contributed by atoms with van der Waals surface area (Å²) >= 11 is 0. The zero-order chi connectivity index (χ0) is 16.8. The lowest BCUT2D eigenvalue weighted by Gasteiger charge is -2.26. The number of carbonyl (C=O) groups is 1. The van der Waals surface area contributed by atoms with Crippen molar-refractivity contribution in [2.75, 3.05) is 13.2 Å². The zero-order valence-corrected chi connectivity index (χ0v) is 14.0. The van der Waals surface area contributed by atoms with E-state index in [0.717, 1.165) is 36.3 Å². The molecule has 1 heterocycles. The van der Waals surface area contributed by atoms with E-state index in [2.05, 4.69) is 12.2 Å². The molecule has 1 atom stereocenters. The van der Waals surface area contributed by atoms with Crippen LogP contribution in [-0.4, -0.2) is 19.1 Å². The van der Waals surface area contributed by atoms with E-state index in [1.165, 1.54) is 5.56 Å². The van der Waals surface area contributed by atoms with Gasteiger partial charge in [0.1, 0.15) is 11.5 Å². The number of benzene rings is 2. The van der Waals surface area contributed by atoms with Crippen molar-refractivity contribution in [2.45, 2.75) is 32.2 Å². The summed E-state index contributed by atoms with van der Waals surface area (Å²) in [6, 6.07) is 15.7. The van der Waals surface area contributed by atoms with Crippen LogP contribution in [0.15, 0.2) is 48.5 Å². The molecule has 2 aromatic carbocycles. The van der Waals surface area contributed by atoms with E-state index in [1.807, 2.05) is 48.5 Å². The Labute approximate surface area is 142 Å². The van der Waals surface area contributed by atoms with Crippen molar-refractivity contribution in [2.24, 2.45) is 0 Å². The Hall–Kier alpha value is -2.49. The Morgan fingerprint density at radius 2 is 2.00 bits per heavy atom. The Morgan fingerprint density at radius 3 is 2.79 bits per heavy atom. The summed E-state index contributed by atoms with van der Waals surface area (Å²) in [5, 5.41) is 3.03. The van der Waals surface area contributed by atoms with Crippen LogP contribution in [0.4, 0.5) is 0 Å². The van der Waals surface area contributed by atoms with E-state index in [0.29, 0.717) is 6.61 Å². The van der Waals surface area contributed by atoms with Gasteiger partial charge in [0.25, 0.3) is 5.91 Å². The highest BCUT2D eigenvalue weighted by atomic mass is 16.5. The summed E-state index contributed by atoms with van der Waals surface area (Å²) in [5.41, 5.74) is 2.31. The Kier molecular flexibility index (Phi) is 5.36. The van der Waals surface area contributed by atoms with Gasteiger partial charge < -0.3 is 14.8 Å². The second-order valence-electron chi connectivity index (χ2n) is 5.98. The maximum Gasteiger partial charge on any atom is 0.258 e. The topological polar surface area (TPSA) is 47.6 Å². The van der Waals surface area contributed by atoms with Gasteiger partial charge in [-0.05, 0) is 30.2 Å². The minimum Gasteiger partial charge on any atom is -0.493 e. The predicted molar refractivity (Wildman–Crippen MR) is 93.4 cm³/mol. The van der Waals surface area contributed by atoms with Gasteiger partial charge in [-0.2, -0.15) is 0 Å². The fourth-order valence-corrected chi connectivity index (χ4v) is 2.92. The van der Waals surface area contributed by atoms with Crippen LogP contribution in [0.2, 0.25) is 0 Å². The van der Waals surface area contributed by atoms with Crippen molar-refractivity contribution in [1.82, 2.24) is 5.32 Å². The molecule has 1 N–H and O–H groups in total. The SMILES string of the molecule is CCCc1ccc(OCC(=O)NC2CCOc3ccccc32)cc1. The van der Waals surface area contributed by atoms with Crippen molar-refractivity contribution < 1.29 is 14.3 Å². The van der Waals surface area contributed by atoms with Crippen molar-refractivity contribution in [1.29, 1.82) is 0 Å². The molecule has 4 nitrogen and oxygen atoms in total. The largest absolute Gasteiger partial charge is 0.493 e. The van der Waals surface area contributed by atoms with E-state index >= 15 is 0 Å². The minimum absolute atomic E-state index is 0.0158. The fourth-order valence-electron chi connectivity index (χ4n) is 2.92. The van der Waals surface area contributed by atoms with Crippen molar-refractivity contribution in [3.63, 3.8) is 0 Å². The first kappa shape index (κ1) is 16.4. The van der Waals surface area contributed by atoms with Gasteiger partial charge in [-0.1, -0.05) is 43.7 Å². The normalized spacial score (nSPS) is 16.0. The van der Waals surface area contributed by atoms with Crippen LogP contribution in [-0.2, 0) is 11.2 Å². The van der Waals surface area contributed by atoms with Crippen LogP contribution < -0.4 is 14.8 Å². The quantitative estimate of drug-likeness (QED) is 0.882. The minimum atomic E-state index is -0.116. The number of para-hydroxylation sites is 1. The Balaban J connectivity index is 1.53. The second-order valence-corrected chi connectivity index (χ2v) is 5.98. The van der Waals surface area contributed by atoms with Crippen LogP contribution in [0.1, 0.15) is 36.9 Å². The number of hydrogen-bond donors (Lipinski definition) is 1. The first-order valence-electron chi connectivity index (χ1n) is 8.49. The number of nitrogens with one attached hydrogen (secondary N) is 1. The standard InChI is InChI=1S/C20H23NO3/c1-2-5-15-8-10-16(11-9-15)24-14-20(22)21-18-12-13-23-19-7-4-3-6-17(18)19/h3-4,6-11,18H,2,5,12-14H2,1H3,(H,21,22). The molecular formula is C20H23NO3. The molecule has 0 fully saturated rings. The first-order chi connectivity index (χ1) is 11.8. The average molecular weight is 325 g/mol. The van der Waals surface area contributed by atoms with Gasteiger partial charge >= 0.3 is 0 Å². The summed E-state index contributed by atoms with van der Waals surface area (Å²) < 4.78 is 11.2. The molecule has 0 bridgehead atoms. The third-order valence-corrected chi connectivity index (χ3v) is 4.13. The maximum absolute atomic E-state index is 12.2. The molecule has 2 aromatic rings. The number of aryl methyl sites for hydroxylation is 1. The Morgan fingerprint density at radius 1 is 1.21 bits per heavy atom. The van der Waals surface area contributed by atoms with Crippen LogP contribution in [0.25, 0.3) is 0 Å². The summed E-state index contributed by atoms with van der Waals surface area (Å²) in [6.45, 7) is 2.79. The van der Waals surface area contributed by atoms with E-state index < -0.39 is 0 Å². The van der Waals surface area contributed by atoms with Gasteiger partial charge in [-0.3, -0.25) is 4.79 Å². The lowest BCUT2D eigenvalue weighted by atomic mass is 10.0. The molecule has 1 aliphatic heterocycles. The number of ether oxygens (including phenoxy) is 2. The van der Waals surface area contributed by atoms with Crippen LogP contribution in [0, 0.1) is 0 Å². The van der Waals surface area contributed by atoms with E-state index in [-0.39, 0.29) is 18.6 Å². The highest BCUT2D eigenvalue weighted by molar-refractivity contribution is 5.78. The van der Waals surface area contributed by atoms with Crippen LogP contribution in [0.5, 0.6) is 11.5 Å². The molecule has 24 heavy (non-hydrogen) atoms. The molecular weight excluding hydrogens is 302 g/mol. The first-order valence-corrected chi connectivity index (χ1v) is 8.49. The van der Waals surface area contributed by atoms with Gasteiger partial charge in [0.2, 0.25) is 0 Å². The predicted octanol–water partition coefficient (Wildman–Crippen LogP) is 3.66. The van der Waals surface area contributed by atoms with Gasteiger partial charge in [-0.25, -0.2) is 0 Å². The molecule has 1 aliphatic rings. The van der Waals surface area contributed by atoms with Crippen molar-refractivity contribution in [3.05, 3.63) is 59.7 Å². The number of hydrogen-bond acceptors (Lipinski definition) is 3. The molecule has 1 amide bonds. The number of fused-ring (bicyclic) bond motifs is 1. The van der Waals surface area contributed by atoms with Gasteiger partial charge in [-0.15, -0.1) is 0 Å². The zero-order valence-electron chi connectivity index (χ0n) is 14.0. The third kappa shape index (κ3) is 4.07. The Bertz CT molecular complexity index is 682.